The third-order valence-corrected chi connectivity index (χ3v) is 10.6. The second-order valence-electron chi connectivity index (χ2n) is 13.7. The quantitative estimate of drug-likeness (QED) is 0.0473. The number of azo groups is 4. The van der Waals surface area contributed by atoms with E-state index in [1.807, 2.05) is 0 Å². The van der Waals surface area contributed by atoms with Gasteiger partial charge in [-0.3, -0.25) is 4.55 Å². The summed E-state index contributed by atoms with van der Waals surface area (Å²) in [4.78, 5) is 22.7. The Bertz CT molecular complexity index is 3460. The second-order valence-corrected chi connectivity index (χ2v) is 15.1. The van der Waals surface area contributed by atoms with Crippen LogP contribution in [0.5, 0.6) is 23.0 Å². The maximum absolute atomic E-state index is 12.5. The van der Waals surface area contributed by atoms with Crippen molar-refractivity contribution in [1.29, 1.82) is 0 Å². The van der Waals surface area contributed by atoms with Gasteiger partial charge in [-0.05, 0) is 72.8 Å². The average molecular weight is 877 g/mol. The van der Waals surface area contributed by atoms with Gasteiger partial charge in [0.1, 0.15) is 38.9 Å². The predicted octanol–water partition coefficient (Wildman–Crippen LogP) is 12.3. The maximum atomic E-state index is 12.5. The molecule has 0 aliphatic carbocycles. The molecule has 0 unspecified atom stereocenters. The third-order valence-electron chi connectivity index (χ3n) is 9.69. The lowest BCUT2D eigenvalue weighted by Crippen LogP contribution is -1.99. The highest BCUT2D eigenvalue weighted by Gasteiger charge is 2.24. The van der Waals surface area contributed by atoms with E-state index in [1.54, 1.807) is 48.5 Å². The number of nitrogens with zero attached hydrogens (tertiary/aromatic N) is 8. The SMILES string of the molecule is O=C(O)c1cc(N=Nc2ccc(N=Nc3ccc4c(S(=O)(=O)O)cc(N=Nc5ccc(N=Nc6cc(C(=O)O)c(O)c7ccccc67)cc5)c(O)c4c3O)cc2)c2ccccc2c1O. The van der Waals surface area contributed by atoms with Crippen molar-refractivity contribution in [2.24, 2.45) is 40.9 Å². The molecule has 20 heteroatoms. The molecule has 7 N–H and O–H groups in total. The molecule has 8 aromatic carbocycles. The van der Waals surface area contributed by atoms with Crippen molar-refractivity contribution in [1.82, 2.24) is 0 Å². The first-order chi connectivity index (χ1) is 30.7. The molecule has 0 aliphatic heterocycles. The lowest BCUT2D eigenvalue weighted by atomic mass is 10.0. The molecule has 19 nitrogen and oxygen atoms in total. The van der Waals surface area contributed by atoms with Crippen LogP contribution in [0.15, 0.2) is 173 Å². The summed E-state index contributed by atoms with van der Waals surface area (Å²) in [7, 11) is -4.94. The molecule has 0 saturated heterocycles. The fourth-order valence-corrected chi connectivity index (χ4v) is 7.29. The van der Waals surface area contributed by atoms with Crippen LogP contribution in [0.25, 0.3) is 32.3 Å². The molecule has 0 fully saturated rings. The van der Waals surface area contributed by atoms with E-state index in [0.717, 1.165) is 6.07 Å². The van der Waals surface area contributed by atoms with Gasteiger partial charge in [-0.1, -0.05) is 54.6 Å². The van der Waals surface area contributed by atoms with E-state index in [2.05, 4.69) is 40.9 Å². The first-order valence-electron chi connectivity index (χ1n) is 18.5. The first kappa shape index (κ1) is 41.7. The summed E-state index contributed by atoms with van der Waals surface area (Å²) in [5.41, 5.74) is 0.240. The number of hydrogen-bond donors (Lipinski definition) is 7. The number of rotatable bonds is 11. The van der Waals surface area contributed by atoms with E-state index in [0.29, 0.717) is 27.5 Å². The molecule has 0 amide bonds. The highest BCUT2D eigenvalue weighted by molar-refractivity contribution is 7.86. The summed E-state index contributed by atoms with van der Waals surface area (Å²) < 4.78 is 35.0. The Morgan fingerprint density at radius 2 is 0.750 bits per heavy atom. The van der Waals surface area contributed by atoms with Crippen LogP contribution in [-0.4, -0.2) is 55.5 Å². The van der Waals surface area contributed by atoms with Crippen molar-refractivity contribution in [3.8, 4) is 23.0 Å². The minimum atomic E-state index is -4.94. The molecule has 0 bridgehead atoms. The van der Waals surface area contributed by atoms with E-state index in [-0.39, 0.29) is 56.1 Å². The monoisotopic (exact) mass is 876 g/mol. The second kappa shape index (κ2) is 16.8. The molecule has 64 heavy (non-hydrogen) atoms. The van der Waals surface area contributed by atoms with Gasteiger partial charge in [-0.25, -0.2) is 9.59 Å². The Kier molecular flexibility index (Phi) is 11.0. The van der Waals surface area contributed by atoms with Crippen molar-refractivity contribution in [2.75, 3.05) is 0 Å². The number of phenolic OH excluding ortho intramolecular Hbond substituents is 2. The first-order valence-corrected chi connectivity index (χ1v) is 19.9. The van der Waals surface area contributed by atoms with Crippen molar-refractivity contribution < 1.29 is 53.2 Å². The number of carboxylic acid groups (broad SMARTS) is 2. The number of phenols is 4. The zero-order chi connectivity index (χ0) is 45.3. The molecule has 0 heterocycles. The van der Waals surface area contributed by atoms with Crippen LogP contribution in [0.3, 0.4) is 0 Å². The Labute approximate surface area is 359 Å². The number of carbonyl (C=O) groups is 2. The van der Waals surface area contributed by atoms with Crippen molar-refractivity contribution in [3.63, 3.8) is 0 Å². The normalized spacial score (nSPS) is 12.2. The van der Waals surface area contributed by atoms with Crippen LogP contribution < -0.4 is 0 Å². The molecule has 8 rings (SSSR count). The van der Waals surface area contributed by atoms with Crippen LogP contribution in [0.4, 0.5) is 45.5 Å². The van der Waals surface area contributed by atoms with E-state index in [9.17, 15) is 53.2 Å². The highest BCUT2D eigenvalue weighted by Crippen LogP contribution is 2.47. The molecule has 316 valence electrons. The standard InChI is InChI=1S/C44H28N8O11S/c53-39-28-7-3-1-5-26(28)34(19-31(39)43(57)58)50-46-23-11-9-22(10-12-23)45-49-33-18-17-30-37(64(61,62)63)21-36(42(56)38(30)41(33)55)52-48-25-15-13-24(14-16-25)47-51-35-20-32(44(59)60)40(54)29-8-4-2-6-27(29)35/h1-21,53-56H,(H,57,58)(H,59,60)(H,61,62,63). The largest absolute Gasteiger partial charge is 0.506 e. The van der Waals surface area contributed by atoms with Gasteiger partial charge in [0.05, 0.1) is 39.5 Å². The number of fused-ring (bicyclic) bond motifs is 3. The van der Waals surface area contributed by atoms with Crippen molar-refractivity contribution in [2.45, 2.75) is 4.90 Å². The fourth-order valence-electron chi connectivity index (χ4n) is 6.59. The zero-order valence-corrected chi connectivity index (χ0v) is 33.2. The molecule has 0 aromatic heterocycles. The maximum Gasteiger partial charge on any atom is 0.339 e. The van der Waals surface area contributed by atoms with E-state index >= 15 is 0 Å². The van der Waals surface area contributed by atoms with E-state index in [1.165, 1.54) is 72.8 Å². The van der Waals surface area contributed by atoms with Gasteiger partial charge in [-0.2, -0.15) is 28.9 Å². The van der Waals surface area contributed by atoms with E-state index in [4.69, 9.17) is 0 Å². The van der Waals surface area contributed by atoms with Gasteiger partial charge in [-0.15, -0.1) is 20.5 Å². The molecule has 0 atom stereocenters. The van der Waals surface area contributed by atoms with Crippen LogP contribution >= 0.6 is 0 Å². The van der Waals surface area contributed by atoms with Crippen LogP contribution in [0, 0.1) is 0 Å². The molecule has 0 radical (unpaired) electrons. The number of benzene rings is 8. The summed E-state index contributed by atoms with van der Waals surface area (Å²) in [6.45, 7) is 0. The topological polar surface area (TPSA) is 309 Å². The number of carboxylic acids is 2. The zero-order valence-electron chi connectivity index (χ0n) is 32.4. The van der Waals surface area contributed by atoms with Crippen LogP contribution in [-0.2, 0) is 10.1 Å². The third kappa shape index (κ3) is 8.22. The summed E-state index contributed by atoms with van der Waals surface area (Å²) in [6, 6.07) is 30.9. The Morgan fingerprint density at radius 3 is 1.14 bits per heavy atom. The number of aromatic carboxylic acids is 2. The molecule has 8 aromatic rings. The van der Waals surface area contributed by atoms with Crippen LogP contribution in [0.2, 0.25) is 0 Å². The van der Waals surface area contributed by atoms with Gasteiger partial charge in [0.2, 0.25) is 0 Å². The van der Waals surface area contributed by atoms with Crippen LogP contribution in [0.1, 0.15) is 20.7 Å². The minimum Gasteiger partial charge on any atom is -0.506 e. The van der Waals surface area contributed by atoms with Gasteiger partial charge in [0, 0.05) is 26.9 Å². The molecular weight excluding hydrogens is 849 g/mol. The van der Waals surface area contributed by atoms with Crippen molar-refractivity contribution in [3.05, 3.63) is 139 Å². The smallest absolute Gasteiger partial charge is 0.339 e. The molecular formula is C44H28N8O11S. The summed E-state index contributed by atoms with van der Waals surface area (Å²) >= 11 is 0. The van der Waals surface area contributed by atoms with Gasteiger partial charge in [0.25, 0.3) is 10.1 Å². The molecule has 0 spiro atoms. The summed E-state index contributed by atoms with van der Waals surface area (Å²) in [5.74, 6) is -4.86. The molecule has 0 aliphatic rings. The molecule has 0 saturated carbocycles. The number of aromatic hydroxyl groups is 4. The lowest BCUT2D eigenvalue weighted by molar-refractivity contribution is 0.0682. The lowest BCUT2D eigenvalue weighted by Gasteiger charge is -2.11. The average Bonchev–Trinajstić information content (AvgIpc) is 3.28. The summed E-state index contributed by atoms with van der Waals surface area (Å²) in [5, 5.41) is 96.2. The Balaban J connectivity index is 1.04. The van der Waals surface area contributed by atoms with Gasteiger partial charge >= 0.3 is 11.9 Å². The highest BCUT2D eigenvalue weighted by atomic mass is 32.2. The predicted molar refractivity (Wildman–Crippen MR) is 232 cm³/mol. The Hall–Kier alpha value is -9.01. The van der Waals surface area contributed by atoms with Gasteiger partial charge < -0.3 is 30.6 Å². The van der Waals surface area contributed by atoms with Gasteiger partial charge in [0.15, 0.2) is 11.5 Å². The minimum absolute atomic E-state index is 0.195. The fraction of sp³-hybridized carbons (Fsp3) is 0. The van der Waals surface area contributed by atoms with Crippen molar-refractivity contribution >= 4 is 99.9 Å². The number of hydrogen-bond acceptors (Lipinski definition) is 16. The summed E-state index contributed by atoms with van der Waals surface area (Å²) in [6.07, 6.45) is 0. The Morgan fingerprint density at radius 1 is 0.391 bits per heavy atom. The van der Waals surface area contributed by atoms with E-state index < -0.39 is 55.3 Å².